The van der Waals surface area contributed by atoms with Crippen LogP contribution in [-0.4, -0.2) is 18.1 Å². The van der Waals surface area contributed by atoms with E-state index in [1.807, 2.05) is 13.8 Å². The molecular weight excluding hydrogens is 242 g/mol. The van der Waals surface area contributed by atoms with E-state index in [0.717, 1.165) is 0 Å². The minimum absolute atomic E-state index is 0.0679. The van der Waals surface area contributed by atoms with Crippen molar-refractivity contribution in [2.75, 3.05) is 0 Å². The molecule has 0 spiro atoms. The summed E-state index contributed by atoms with van der Waals surface area (Å²) in [6.45, 7) is 5.30. The van der Waals surface area contributed by atoms with E-state index in [-0.39, 0.29) is 12.0 Å². The minimum Gasteiger partial charge on any atom is -0.481 e. The van der Waals surface area contributed by atoms with Crippen molar-refractivity contribution in [3.05, 3.63) is 29.3 Å². The molecule has 1 aromatic rings. The van der Waals surface area contributed by atoms with E-state index >= 15 is 0 Å². The van der Waals surface area contributed by atoms with E-state index in [4.69, 9.17) is 21.2 Å². The Kier molecular flexibility index (Phi) is 5.25. The topological polar surface area (TPSA) is 47.6 Å². The number of hydroxylamine groups is 1. The maximum absolute atomic E-state index is 11.5. The van der Waals surface area contributed by atoms with Crippen LogP contribution in [-0.2, 0) is 9.63 Å². The molecule has 17 heavy (non-hydrogen) atoms. The van der Waals surface area contributed by atoms with Crippen molar-refractivity contribution in [2.45, 2.75) is 33.0 Å². The molecule has 0 radical (unpaired) electrons. The molecule has 0 bridgehead atoms. The Morgan fingerprint density at radius 3 is 2.35 bits per heavy atom. The molecule has 1 atom stereocenters. The van der Waals surface area contributed by atoms with Crippen molar-refractivity contribution < 1.29 is 14.4 Å². The van der Waals surface area contributed by atoms with Gasteiger partial charge in [0.1, 0.15) is 5.75 Å². The van der Waals surface area contributed by atoms with Crippen molar-refractivity contribution in [3.63, 3.8) is 0 Å². The number of amides is 1. The molecule has 94 valence electrons. The molecule has 1 unspecified atom stereocenters. The highest BCUT2D eigenvalue weighted by Crippen LogP contribution is 2.16. The number of hydrogen-bond acceptors (Lipinski definition) is 3. The highest BCUT2D eigenvalue weighted by atomic mass is 35.5. The number of halogens is 1. The Labute approximate surface area is 106 Å². The Hall–Kier alpha value is -1.26. The summed E-state index contributed by atoms with van der Waals surface area (Å²) < 4.78 is 5.41. The van der Waals surface area contributed by atoms with Crippen LogP contribution in [0.2, 0.25) is 5.02 Å². The third-order valence-corrected chi connectivity index (χ3v) is 2.14. The average molecular weight is 258 g/mol. The summed E-state index contributed by atoms with van der Waals surface area (Å²) in [4.78, 5) is 16.5. The van der Waals surface area contributed by atoms with Gasteiger partial charge in [0, 0.05) is 5.02 Å². The van der Waals surface area contributed by atoms with Crippen LogP contribution in [0.25, 0.3) is 0 Å². The third-order valence-electron chi connectivity index (χ3n) is 1.89. The number of nitrogens with one attached hydrogen (secondary N) is 1. The summed E-state index contributed by atoms with van der Waals surface area (Å²) in [5.41, 5.74) is 2.32. The largest absolute Gasteiger partial charge is 0.481 e. The van der Waals surface area contributed by atoms with Gasteiger partial charge in [0.25, 0.3) is 5.91 Å². The van der Waals surface area contributed by atoms with Crippen molar-refractivity contribution in [1.82, 2.24) is 5.48 Å². The number of carbonyl (C=O) groups excluding carboxylic acids is 1. The summed E-state index contributed by atoms with van der Waals surface area (Å²) >= 11 is 5.74. The lowest BCUT2D eigenvalue weighted by Crippen LogP contribution is -2.37. The molecule has 0 fully saturated rings. The lowest BCUT2D eigenvalue weighted by atomic mass is 10.3. The Balaban J connectivity index is 2.45. The predicted molar refractivity (Wildman–Crippen MR) is 65.9 cm³/mol. The van der Waals surface area contributed by atoms with Gasteiger partial charge in [0.05, 0.1) is 6.10 Å². The maximum atomic E-state index is 11.5. The average Bonchev–Trinajstić information content (AvgIpc) is 2.28. The van der Waals surface area contributed by atoms with Crippen molar-refractivity contribution in [2.24, 2.45) is 0 Å². The van der Waals surface area contributed by atoms with Crippen LogP contribution in [0, 0.1) is 0 Å². The zero-order valence-corrected chi connectivity index (χ0v) is 10.8. The van der Waals surface area contributed by atoms with Crippen LogP contribution >= 0.6 is 11.6 Å². The number of ether oxygens (including phenoxy) is 1. The first kappa shape index (κ1) is 13.8. The van der Waals surface area contributed by atoms with E-state index in [1.165, 1.54) is 0 Å². The summed E-state index contributed by atoms with van der Waals surface area (Å²) in [6, 6.07) is 6.81. The van der Waals surface area contributed by atoms with Gasteiger partial charge in [0.2, 0.25) is 0 Å². The van der Waals surface area contributed by atoms with E-state index in [9.17, 15) is 4.79 Å². The molecule has 4 nitrogen and oxygen atoms in total. The summed E-state index contributed by atoms with van der Waals surface area (Å²) in [6.07, 6.45) is -0.698. The molecule has 5 heteroatoms. The fourth-order valence-corrected chi connectivity index (χ4v) is 1.16. The lowest BCUT2D eigenvalue weighted by Gasteiger charge is -2.15. The molecule has 1 N–H and O–H groups in total. The van der Waals surface area contributed by atoms with Gasteiger partial charge in [-0.25, -0.2) is 5.48 Å². The van der Waals surface area contributed by atoms with Crippen LogP contribution in [0.4, 0.5) is 0 Å². The van der Waals surface area contributed by atoms with Crippen LogP contribution in [0.15, 0.2) is 24.3 Å². The van der Waals surface area contributed by atoms with Gasteiger partial charge in [-0.15, -0.1) is 0 Å². The van der Waals surface area contributed by atoms with Gasteiger partial charge in [-0.05, 0) is 45.0 Å². The molecule has 0 heterocycles. The summed E-state index contributed by atoms with van der Waals surface area (Å²) in [5, 5.41) is 0.623. The number of rotatable bonds is 5. The van der Waals surface area contributed by atoms with Gasteiger partial charge in [0.15, 0.2) is 6.10 Å². The highest BCUT2D eigenvalue weighted by Gasteiger charge is 2.15. The second-order valence-electron chi connectivity index (χ2n) is 3.85. The highest BCUT2D eigenvalue weighted by molar-refractivity contribution is 6.30. The quantitative estimate of drug-likeness (QED) is 0.825. The molecule has 1 aromatic carbocycles. The Morgan fingerprint density at radius 2 is 1.82 bits per heavy atom. The molecule has 0 aliphatic heterocycles. The van der Waals surface area contributed by atoms with Crippen LogP contribution in [0.5, 0.6) is 5.75 Å². The maximum Gasteiger partial charge on any atom is 0.284 e. The molecule has 0 aliphatic rings. The SMILES string of the molecule is CC(C)ONC(=O)C(C)Oc1ccc(Cl)cc1. The number of hydrogen-bond donors (Lipinski definition) is 1. The smallest absolute Gasteiger partial charge is 0.284 e. The van der Waals surface area contributed by atoms with Crippen molar-refractivity contribution in [3.8, 4) is 5.75 Å². The molecular formula is C12H16ClNO3. The summed E-state index contributed by atoms with van der Waals surface area (Å²) in [7, 11) is 0. The van der Waals surface area contributed by atoms with E-state index < -0.39 is 6.10 Å². The summed E-state index contributed by atoms with van der Waals surface area (Å²) in [5.74, 6) is 0.259. The van der Waals surface area contributed by atoms with Gasteiger partial charge in [-0.1, -0.05) is 11.6 Å². The Bertz CT molecular complexity index is 365. The molecule has 0 saturated heterocycles. The monoisotopic (exact) mass is 257 g/mol. The molecule has 0 aliphatic carbocycles. The normalized spacial score (nSPS) is 12.3. The zero-order chi connectivity index (χ0) is 12.8. The van der Waals surface area contributed by atoms with Crippen LogP contribution < -0.4 is 10.2 Å². The van der Waals surface area contributed by atoms with Gasteiger partial charge >= 0.3 is 0 Å². The first-order chi connectivity index (χ1) is 7.99. The number of carbonyl (C=O) groups is 1. The molecule has 1 amide bonds. The standard InChI is InChI=1S/C12H16ClNO3/c1-8(2)17-14-12(15)9(3)16-11-6-4-10(13)5-7-11/h4-9H,1-3H3,(H,14,15). The van der Waals surface area contributed by atoms with Gasteiger partial charge < -0.3 is 4.74 Å². The second-order valence-corrected chi connectivity index (χ2v) is 4.28. The Morgan fingerprint density at radius 1 is 1.24 bits per heavy atom. The first-order valence-electron chi connectivity index (χ1n) is 5.36. The van der Waals surface area contributed by atoms with Crippen LogP contribution in [0.3, 0.4) is 0 Å². The fourth-order valence-electron chi connectivity index (χ4n) is 1.03. The van der Waals surface area contributed by atoms with Gasteiger partial charge in [-0.3, -0.25) is 9.63 Å². The molecule has 1 rings (SSSR count). The van der Waals surface area contributed by atoms with E-state index in [0.29, 0.717) is 10.8 Å². The predicted octanol–water partition coefficient (Wildman–Crippen LogP) is 2.56. The van der Waals surface area contributed by atoms with Crippen molar-refractivity contribution in [1.29, 1.82) is 0 Å². The van der Waals surface area contributed by atoms with Crippen molar-refractivity contribution >= 4 is 17.5 Å². The zero-order valence-electron chi connectivity index (χ0n) is 10.1. The second kappa shape index (κ2) is 6.47. The molecule has 0 aromatic heterocycles. The fraction of sp³-hybridized carbons (Fsp3) is 0.417. The van der Waals surface area contributed by atoms with E-state index in [1.54, 1.807) is 31.2 Å². The lowest BCUT2D eigenvalue weighted by molar-refractivity contribution is -0.143. The van der Waals surface area contributed by atoms with Crippen LogP contribution in [0.1, 0.15) is 20.8 Å². The van der Waals surface area contributed by atoms with E-state index in [2.05, 4.69) is 5.48 Å². The third kappa shape index (κ3) is 5.06. The first-order valence-corrected chi connectivity index (χ1v) is 5.74. The van der Waals surface area contributed by atoms with Gasteiger partial charge in [-0.2, -0.15) is 0 Å². The molecule has 0 saturated carbocycles. The minimum atomic E-state index is -0.630. The number of benzene rings is 1.